The van der Waals surface area contributed by atoms with Crippen LogP contribution in [0.25, 0.3) is 26.9 Å². The highest BCUT2D eigenvalue weighted by atomic mass is 35.5. The summed E-state index contributed by atoms with van der Waals surface area (Å²) in [4.78, 5) is 20.5. The fraction of sp³-hybridized carbons (Fsp3) is 0.200. The molecular formula is C25H18Cl3N7O3. The summed E-state index contributed by atoms with van der Waals surface area (Å²) >= 11 is 18.9. The molecule has 10 nitrogen and oxygen atoms in total. The molecule has 0 aliphatic heterocycles. The van der Waals surface area contributed by atoms with Crippen molar-refractivity contribution in [2.24, 2.45) is 0 Å². The maximum absolute atomic E-state index is 12.8. The Kier molecular flexibility index (Phi) is 6.61. The van der Waals surface area contributed by atoms with Crippen LogP contribution < -0.4 is 4.74 Å². The Hall–Kier alpha value is -3.91. The lowest BCUT2D eigenvalue weighted by molar-refractivity contribution is 0.0521. The Morgan fingerprint density at radius 2 is 1.95 bits per heavy atom. The number of ether oxygens (including phenoxy) is 2. The summed E-state index contributed by atoms with van der Waals surface area (Å²) in [5, 5.41) is 14.3. The van der Waals surface area contributed by atoms with E-state index in [1.54, 1.807) is 49.8 Å². The van der Waals surface area contributed by atoms with Crippen LogP contribution in [-0.4, -0.2) is 41.5 Å². The molecule has 0 saturated heterocycles. The lowest BCUT2D eigenvalue weighted by Gasteiger charge is -2.18. The number of hydrogen-bond donors (Lipinski definition) is 0. The zero-order valence-electron chi connectivity index (χ0n) is 20.2. The van der Waals surface area contributed by atoms with Crippen LogP contribution in [0.2, 0.25) is 15.1 Å². The molecule has 2 aromatic carbocycles. The van der Waals surface area contributed by atoms with Crippen LogP contribution >= 0.6 is 34.8 Å². The topological polar surface area (TPSA) is 101 Å². The molecule has 0 spiro atoms. The van der Waals surface area contributed by atoms with Crippen LogP contribution in [0.4, 0.5) is 10.5 Å². The van der Waals surface area contributed by atoms with Crippen molar-refractivity contribution in [3.05, 3.63) is 74.8 Å². The molecule has 13 heteroatoms. The second-order valence-electron chi connectivity index (χ2n) is 9.16. The lowest BCUT2D eigenvalue weighted by atomic mass is 10.2. The monoisotopic (exact) mass is 569 g/mol. The molecule has 0 radical (unpaired) electrons. The molecule has 0 atom stereocenters. The highest BCUT2D eigenvalue weighted by Crippen LogP contribution is 2.43. The minimum Gasteiger partial charge on any atom is -0.453 e. The second kappa shape index (κ2) is 9.76. The number of carbonyl (C=O) groups excluding carboxylic acids is 1. The standard InChI is InChI=1S/C25H18Cl3N7O3/c1-25(2,3)38-24(36)35-23-14(6-5-9-30-23)17(32-35)12-34-18-8-7-15(27)22(21(18)31-33-34)37-19-11-13(26)10-16(29-4)20(19)28/h5-11H,12H2,1-3H3. The van der Waals surface area contributed by atoms with E-state index in [1.807, 2.05) is 6.07 Å². The van der Waals surface area contributed by atoms with Gasteiger partial charge in [-0.3, -0.25) is 0 Å². The van der Waals surface area contributed by atoms with E-state index in [-0.39, 0.29) is 38.8 Å². The van der Waals surface area contributed by atoms with Gasteiger partial charge < -0.3 is 9.47 Å². The van der Waals surface area contributed by atoms with Gasteiger partial charge in [0.1, 0.15) is 11.4 Å². The van der Waals surface area contributed by atoms with Gasteiger partial charge in [0.15, 0.2) is 16.9 Å². The van der Waals surface area contributed by atoms with Crippen molar-refractivity contribution in [1.82, 2.24) is 29.8 Å². The lowest BCUT2D eigenvalue weighted by Crippen LogP contribution is -2.28. The minimum atomic E-state index is -0.705. The predicted octanol–water partition coefficient (Wildman–Crippen LogP) is 7.31. The molecule has 38 heavy (non-hydrogen) atoms. The molecule has 5 aromatic rings. The zero-order chi connectivity index (χ0) is 27.2. The quantitative estimate of drug-likeness (QED) is 0.209. The van der Waals surface area contributed by atoms with Crippen molar-refractivity contribution >= 4 is 68.7 Å². The maximum atomic E-state index is 12.8. The van der Waals surface area contributed by atoms with E-state index >= 15 is 0 Å². The van der Waals surface area contributed by atoms with Gasteiger partial charge >= 0.3 is 6.09 Å². The first-order valence-corrected chi connectivity index (χ1v) is 12.3. The van der Waals surface area contributed by atoms with Gasteiger partial charge in [-0.15, -0.1) is 9.78 Å². The van der Waals surface area contributed by atoms with Crippen molar-refractivity contribution in [1.29, 1.82) is 0 Å². The molecule has 0 saturated carbocycles. The smallest absolute Gasteiger partial charge is 0.437 e. The van der Waals surface area contributed by atoms with E-state index in [1.165, 1.54) is 12.1 Å². The number of carbonyl (C=O) groups is 1. The normalized spacial score (nSPS) is 11.6. The van der Waals surface area contributed by atoms with Crippen LogP contribution in [0, 0.1) is 6.57 Å². The molecule has 5 rings (SSSR count). The molecule has 0 unspecified atom stereocenters. The Balaban J connectivity index is 1.55. The summed E-state index contributed by atoms with van der Waals surface area (Å²) in [7, 11) is 0. The average molecular weight is 571 g/mol. The minimum absolute atomic E-state index is 0.0940. The van der Waals surface area contributed by atoms with E-state index in [0.717, 1.165) is 4.68 Å². The molecule has 0 bridgehead atoms. The molecule has 0 amide bonds. The molecule has 0 aliphatic rings. The van der Waals surface area contributed by atoms with Gasteiger partial charge in [-0.1, -0.05) is 40.0 Å². The molecule has 0 aliphatic carbocycles. The number of nitrogens with zero attached hydrogens (tertiary/aromatic N) is 7. The molecular weight excluding hydrogens is 553 g/mol. The fourth-order valence-corrected chi connectivity index (χ4v) is 4.31. The van der Waals surface area contributed by atoms with Gasteiger partial charge in [-0.05, 0) is 57.2 Å². The summed E-state index contributed by atoms with van der Waals surface area (Å²) in [6, 6.07) is 9.86. The van der Waals surface area contributed by atoms with Crippen molar-refractivity contribution in [2.75, 3.05) is 0 Å². The summed E-state index contributed by atoms with van der Waals surface area (Å²) in [5.41, 5.74) is 1.26. The molecule has 3 aromatic heterocycles. The first kappa shape index (κ1) is 25.7. The molecule has 0 fully saturated rings. The Labute approximate surface area is 231 Å². The largest absolute Gasteiger partial charge is 0.453 e. The first-order chi connectivity index (χ1) is 18.1. The van der Waals surface area contributed by atoms with E-state index in [9.17, 15) is 4.79 Å². The average Bonchev–Trinajstić information content (AvgIpc) is 3.44. The third kappa shape index (κ3) is 4.84. The molecule has 0 N–H and O–H groups in total. The molecule has 3 heterocycles. The van der Waals surface area contributed by atoms with E-state index in [4.69, 9.17) is 50.8 Å². The maximum Gasteiger partial charge on any atom is 0.437 e. The SMILES string of the molecule is [C-]#[N+]c1cc(Cl)cc(Oc2c(Cl)ccc3c2nnn3Cc2nn(C(=O)OC(C)(C)C)c3ncccc23)c1Cl. The molecule has 192 valence electrons. The Morgan fingerprint density at radius 1 is 1.16 bits per heavy atom. The number of benzene rings is 2. The van der Waals surface area contributed by atoms with Gasteiger partial charge in [0.25, 0.3) is 0 Å². The van der Waals surface area contributed by atoms with Gasteiger partial charge in [-0.25, -0.2) is 19.3 Å². The number of rotatable bonds is 4. The van der Waals surface area contributed by atoms with E-state index in [2.05, 4.69) is 25.2 Å². The number of fused-ring (bicyclic) bond motifs is 2. The number of hydrogen-bond acceptors (Lipinski definition) is 7. The number of halogens is 3. The third-order valence-corrected chi connectivity index (χ3v) is 6.19. The van der Waals surface area contributed by atoms with Crippen molar-refractivity contribution < 1.29 is 14.3 Å². The predicted molar refractivity (Wildman–Crippen MR) is 144 cm³/mol. The number of pyridine rings is 1. The van der Waals surface area contributed by atoms with Crippen LogP contribution in [0.1, 0.15) is 26.5 Å². The second-order valence-corrected chi connectivity index (χ2v) is 10.4. The Morgan fingerprint density at radius 3 is 2.68 bits per heavy atom. The summed E-state index contributed by atoms with van der Waals surface area (Å²) in [6.07, 6.45) is 0.932. The van der Waals surface area contributed by atoms with Crippen LogP contribution in [0.5, 0.6) is 11.5 Å². The zero-order valence-corrected chi connectivity index (χ0v) is 22.5. The van der Waals surface area contributed by atoms with Gasteiger partial charge in [0.2, 0.25) is 5.69 Å². The van der Waals surface area contributed by atoms with Crippen molar-refractivity contribution in [3.8, 4) is 11.5 Å². The van der Waals surface area contributed by atoms with E-state index in [0.29, 0.717) is 27.8 Å². The van der Waals surface area contributed by atoms with Gasteiger partial charge in [0.05, 0.1) is 34.4 Å². The number of aromatic nitrogens is 6. The third-order valence-electron chi connectivity index (χ3n) is 5.30. The van der Waals surface area contributed by atoms with Gasteiger partial charge in [-0.2, -0.15) is 5.10 Å². The fourth-order valence-electron chi connectivity index (χ4n) is 3.72. The van der Waals surface area contributed by atoms with Gasteiger partial charge in [0, 0.05) is 16.6 Å². The highest BCUT2D eigenvalue weighted by Gasteiger charge is 2.24. The summed E-state index contributed by atoms with van der Waals surface area (Å²) < 4.78 is 14.2. The first-order valence-electron chi connectivity index (χ1n) is 11.2. The Bertz CT molecular complexity index is 1770. The summed E-state index contributed by atoms with van der Waals surface area (Å²) in [5.74, 6) is 0.351. The van der Waals surface area contributed by atoms with Crippen LogP contribution in [-0.2, 0) is 11.3 Å². The highest BCUT2D eigenvalue weighted by molar-refractivity contribution is 6.37. The van der Waals surface area contributed by atoms with Crippen LogP contribution in [0.15, 0.2) is 42.6 Å². The summed E-state index contributed by atoms with van der Waals surface area (Å²) in [6.45, 7) is 12.8. The van der Waals surface area contributed by atoms with Crippen molar-refractivity contribution in [3.63, 3.8) is 0 Å². The van der Waals surface area contributed by atoms with Crippen molar-refractivity contribution in [2.45, 2.75) is 32.9 Å². The van der Waals surface area contributed by atoms with Crippen LogP contribution in [0.3, 0.4) is 0 Å². The van der Waals surface area contributed by atoms with E-state index < -0.39 is 11.7 Å².